The molecule has 0 aliphatic carbocycles. The molecule has 1 amide bonds. The van der Waals surface area contributed by atoms with E-state index in [9.17, 15) is 9.59 Å². The molecule has 3 aromatic rings. The Morgan fingerprint density at radius 1 is 1.16 bits per heavy atom. The number of rotatable bonds is 5. The number of anilines is 2. The number of morpholine rings is 1. The van der Waals surface area contributed by atoms with Crippen molar-refractivity contribution >= 4 is 67.9 Å². The number of nitrogens with zero attached hydrogens (tertiary/aromatic N) is 1. The summed E-state index contributed by atoms with van der Waals surface area (Å²) < 4.78 is 11.5. The molecule has 4 rings (SSSR count). The summed E-state index contributed by atoms with van der Waals surface area (Å²) in [5, 5.41) is 4.58. The quantitative estimate of drug-likeness (QED) is 0.492. The van der Waals surface area contributed by atoms with Gasteiger partial charge >= 0.3 is 5.97 Å². The third-order valence-electron chi connectivity index (χ3n) is 4.90. The predicted octanol–water partition coefficient (Wildman–Crippen LogP) is 5.47. The highest BCUT2D eigenvalue weighted by atomic mass is 35.5. The molecule has 2 aromatic carbocycles. The first-order valence-corrected chi connectivity index (χ1v) is 11.4. The molecule has 1 aromatic heterocycles. The van der Waals surface area contributed by atoms with Gasteiger partial charge in [-0.15, -0.1) is 11.3 Å². The second-order valence-corrected chi connectivity index (χ2v) is 8.76. The maximum atomic E-state index is 12.9. The van der Waals surface area contributed by atoms with E-state index < -0.39 is 5.97 Å². The van der Waals surface area contributed by atoms with Gasteiger partial charge < -0.3 is 19.7 Å². The van der Waals surface area contributed by atoms with Gasteiger partial charge in [0.05, 0.1) is 36.1 Å². The zero-order chi connectivity index (χ0) is 22.0. The van der Waals surface area contributed by atoms with Gasteiger partial charge in [0, 0.05) is 33.9 Å². The van der Waals surface area contributed by atoms with Crippen molar-refractivity contribution in [3.05, 3.63) is 56.9 Å². The highest BCUT2D eigenvalue weighted by Gasteiger charge is 2.22. The van der Waals surface area contributed by atoms with E-state index >= 15 is 0 Å². The Balaban J connectivity index is 1.63. The van der Waals surface area contributed by atoms with Crippen molar-refractivity contribution in [2.75, 3.05) is 43.1 Å². The van der Waals surface area contributed by atoms with Crippen LogP contribution >= 0.6 is 34.5 Å². The monoisotopic (exact) mass is 478 g/mol. The second kappa shape index (κ2) is 9.44. The second-order valence-electron chi connectivity index (χ2n) is 6.89. The summed E-state index contributed by atoms with van der Waals surface area (Å²) in [5.41, 5.74) is 1.64. The lowest BCUT2D eigenvalue weighted by atomic mass is 10.1. The van der Waals surface area contributed by atoms with E-state index in [1.165, 1.54) is 11.3 Å². The first kappa shape index (κ1) is 21.9. The third-order valence-corrected chi connectivity index (χ3v) is 6.79. The highest BCUT2D eigenvalue weighted by molar-refractivity contribution is 7.21. The highest BCUT2D eigenvalue weighted by Crippen LogP contribution is 2.37. The lowest BCUT2D eigenvalue weighted by Gasteiger charge is -2.30. The number of hydrogen-bond donors (Lipinski definition) is 1. The van der Waals surface area contributed by atoms with Gasteiger partial charge in [-0.25, -0.2) is 4.79 Å². The van der Waals surface area contributed by atoms with Crippen molar-refractivity contribution in [2.45, 2.75) is 6.92 Å². The van der Waals surface area contributed by atoms with Crippen LogP contribution in [0.25, 0.3) is 10.1 Å². The Bertz CT molecular complexity index is 1140. The zero-order valence-electron chi connectivity index (χ0n) is 16.7. The van der Waals surface area contributed by atoms with Crippen molar-refractivity contribution < 1.29 is 19.1 Å². The lowest BCUT2D eigenvalue weighted by Crippen LogP contribution is -2.37. The number of carbonyl (C=O) groups excluding carboxylic acids is 2. The molecule has 0 saturated carbocycles. The smallest absolute Gasteiger partial charge is 0.340 e. The molecule has 1 aliphatic heterocycles. The van der Waals surface area contributed by atoms with E-state index in [-0.39, 0.29) is 12.5 Å². The summed E-state index contributed by atoms with van der Waals surface area (Å²) in [6.45, 7) is 4.56. The van der Waals surface area contributed by atoms with Crippen LogP contribution in [-0.2, 0) is 9.47 Å². The van der Waals surface area contributed by atoms with Gasteiger partial charge in [-0.2, -0.15) is 0 Å². The van der Waals surface area contributed by atoms with Gasteiger partial charge in [0.25, 0.3) is 5.91 Å². The molecule has 162 valence electrons. The summed E-state index contributed by atoms with van der Waals surface area (Å²) in [5.74, 6) is -0.786. The van der Waals surface area contributed by atoms with Crippen LogP contribution in [0, 0.1) is 0 Å². The number of carbonyl (C=O) groups is 2. The van der Waals surface area contributed by atoms with E-state index in [0.717, 1.165) is 15.8 Å². The van der Waals surface area contributed by atoms with Gasteiger partial charge in [-0.05, 0) is 37.3 Å². The summed E-state index contributed by atoms with van der Waals surface area (Å²) >= 11 is 13.8. The molecule has 2 heterocycles. The Morgan fingerprint density at radius 2 is 1.94 bits per heavy atom. The molecule has 1 N–H and O–H groups in total. The fourth-order valence-corrected chi connectivity index (χ4v) is 5.13. The summed E-state index contributed by atoms with van der Waals surface area (Å²) in [6.07, 6.45) is 0. The minimum Gasteiger partial charge on any atom is -0.462 e. The number of halogens is 2. The molecular weight excluding hydrogens is 459 g/mol. The average molecular weight is 479 g/mol. The average Bonchev–Trinajstić information content (AvgIpc) is 3.10. The van der Waals surface area contributed by atoms with Gasteiger partial charge in [-0.1, -0.05) is 29.3 Å². The van der Waals surface area contributed by atoms with Crippen molar-refractivity contribution in [1.82, 2.24) is 0 Å². The van der Waals surface area contributed by atoms with Crippen LogP contribution < -0.4 is 10.2 Å². The molecule has 9 heteroatoms. The van der Waals surface area contributed by atoms with Crippen molar-refractivity contribution in [3.8, 4) is 0 Å². The lowest BCUT2D eigenvalue weighted by molar-refractivity contribution is 0.0526. The van der Waals surface area contributed by atoms with Crippen LogP contribution in [0.3, 0.4) is 0 Å². The number of nitrogens with one attached hydrogen (secondary N) is 1. The summed E-state index contributed by atoms with van der Waals surface area (Å²) in [6, 6.07) is 10.5. The summed E-state index contributed by atoms with van der Waals surface area (Å²) in [7, 11) is 0. The molecule has 0 bridgehead atoms. The van der Waals surface area contributed by atoms with E-state index in [4.69, 9.17) is 32.7 Å². The standard InChI is InChI=1S/C22H20Cl2N2O4S/c1-2-30-22(28)16-12-14(4-6-17(16)26-7-9-29-10-8-26)25-21(27)20-19(24)15-5-3-13(23)11-18(15)31-20/h3-6,11-12H,2,7-10H2,1H3,(H,25,27). The molecule has 0 spiro atoms. The fraction of sp³-hybridized carbons (Fsp3) is 0.273. The number of hydrogen-bond acceptors (Lipinski definition) is 6. The van der Waals surface area contributed by atoms with E-state index in [0.29, 0.717) is 52.5 Å². The van der Waals surface area contributed by atoms with E-state index in [2.05, 4.69) is 10.2 Å². The van der Waals surface area contributed by atoms with Gasteiger partial charge in [0.1, 0.15) is 4.88 Å². The molecule has 1 saturated heterocycles. The van der Waals surface area contributed by atoms with Crippen LogP contribution in [0.15, 0.2) is 36.4 Å². The Kier molecular flexibility index (Phi) is 6.67. The maximum Gasteiger partial charge on any atom is 0.340 e. The molecule has 31 heavy (non-hydrogen) atoms. The van der Waals surface area contributed by atoms with Crippen molar-refractivity contribution in [1.29, 1.82) is 0 Å². The van der Waals surface area contributed by atoms with Gasteiger partial charge in [0.15, 0.2) is 0 Å². The number of amides is 1. The number of thiophene rings is 1. The van der Waals surface area contributed by atoms with Crippen LogP contribution in [0.5, 0.6) is 0 Å². The Hall–Kier alpha value is -2.32. The molecular formula is C22H20Cl2N2O4S. The van der Waals surface area contributed by atoms with Crippen LogP contribution in [0.2, 0.25) is 10.0 Å². The van der Waals surface area contributed by atoms with Gasteiger partial charge in [-0.3, -0.25) is 4.79 Å². The fourth-order valence-electron chi connectivity index (χ4n) is 3.44. The van der Waals surface area contributed by atoms with E-state index in [1.807, 2.05) is 6.07 Å². The molecule has 1 fully saturated rings. The van der Waals surface area contributed by atoms with Crippen molar-refractivity contribution in [2.24, 2.45) is 0 Å². The first-order valence-electron chi connectivity index (χ1n) is 9.80. The van der Waals surface area contributed by atoms with Crippen LogP contribution in [-0.4, -0.2) is 44.8 Å². The zero-order valence-corrected chi connectivity index (χ0v) is 19.1. The number of benzene rings is 2. The van der Waals surface area contributed by atoms with E-state index in [1.54, 1.807) is 37.3 Å². The molecule has 0 atom stereocenters. The van der Waals surface area contributed by atoms with Gasteiger partial charge in [0.2, 0.25) is 0 Å². The number of fused-ring (bicyclic) bond motifs is 1. The van der Waals surface area contributed by atoms with Crippen molar-refractivity contribution in [3.63, 3.8) is 0 Å². The minimum absolute atomic E-state index is 0.262. The minimum atomic E-state index is -0.436. The first-order chi connectivity index (χ1) is 15.0. The Labute approximate surface area is 193 Å². The normalized spacial score (nSPS) is 14.0. The molecule has 1 aliphatic rings. The van der Waals surface area contributed by atoms with Crippen LogP contribution in [0.1, 0.15) is 27.0 Å². The summed E-state index contributed by atoms with van der Waals surface area (Å²) in [4.78, 5) is 28.0. The molecule has 0 unspecified atom stereocenters. The van der Waals surface area contributed by atoms with Crippen LogP contribution in [0.4, 0.5) is 11.4 Å². The molecule has 6 nitrogen and oxygen atoms in total. The third kappa shape index (κ3) is 4.65. The Morgan fingerprint density at radius 3 is 2.68 bits per heavy atom. The predicted molar refractivity (Wildman–Crippen MR) is 125 cm³/mol. The number of esters is 1. The largest absolute Gasteiger partial charge is 0.462 e. The SMILES string of the molecule is CCOC(=O)c1cc(NC(=O)c2sc3cc(Cl)ccc3c2Cl)ccc1N1CCOCC1. The molecule has 0 radical (unpaired) electrons. The number of ether oxygens (including phenoxy) is 2. The topological polar surface area (TPSA) is 67.9 Å². The maximum absolute atomic E-state index is 12.9.